The molecule has 7 nitrogen and oxygen atoms in total. The van der Waals surface area contributed by atoms with E-state index >= 15 is 0 Å². The molecule has 0 heterocycles. The number of ketones is 1. The van der Waals surface area contributed by atoms with Gasteiger partial charge in [-0.15, -0.1) is 0 Å². The molecule has 0 unspecified atom stereocenters. The summed E-state index contributed by atoms with van der Waals surface area (Å²) in [6, 6.07) is 8.52. The Morgan fingerprint density at radius 2 is 1.81 bits per heavy atom. The number of hydrogen-bond donors (Lipinski definition) is 1. The van der Waals surface area contributed by atoms with Crippen LogP contribution in [0.5, 0.6) is 0 Å². The minimum atomic E-state index is -1.04. The van der Waals surface area contributed by atoms with Crippen LogP contribution in [0.25, 0.3) is 0 Å². The number of benzene rings is 1. The van der Waals surface area contributed by atoms with Crippen LogP contribution >= 0.6 is 0 Å². The summed E-state index contributed by atoms with van der Waals surface area (Å²) >= 11 is 0. The highest BCUT2D eigenvalue weighted by Crippen LogP contribution is 2.62. The molecule has 1 fully saturated rings. The highest BCUT2D eigenvalue weighted by Gasteiger charge is 2.57. The molecule has 0 saturated heterocycles. The minimum absolute atomic E-state index is 0.000413. The highest BCUT2D eigenvalue weighted by molar-refractivity contribution is 6.00. The van der Waals surface area contributed by atoms with Gasteiger partial charge >= 0.3 is 17.9 Å². The van der Waals surface area contributed by atoms with Gasteiger partial charge in [-0.1, -0.05) is 57.7 Å². The van der Waals surface area contributed by atoms with Crippen molar-refractivity contribution in [2.45, 2.75) is 59.7 Å². The first-order valence-corrected chi connectivity index (χ1v) is 12.1. The average molecular weight is 495 g/mol. The Balaban J connectivity index is 1.93. The molecule has 1 N–H and O–H groups in total. The van der Waals surface area contributed by atoms with Crippen LogP contribution in [-0.4, -0.2) is 41.0 Å². The van der Waals surface area contributed by atoms with E-state index in [1.807, 2.05) is 20.8 Å². The van der Waals surface area contributed by atoms with E-state index in [1.165, 1.54) is 6.92 Å². The third kappa shape index (κ3) is 6.01. The van der Waals surface area contributed by atoms with Gasteiger partial charge in [0.25, 0.3) is 0 Å². The van der Waals surface area contributed by atoms with Crippen molar-refractivity contribution in [1.29, 1.82) is 0 Å². The number of esters is 2. The minimum Gasteiger partial charge on any atom is -0.478 e. The van der Waals surface area contributed by atoms with Crippen LogP contribution in [0.4, 0.5) is 0 Å². The fraction of sp³-hybridized carbons (Fsp3) is 0.448. The molecular weight excluding hydrogens is 460 g/mol. The lowest BCUT2D eigenvalue weighted by molar-refractivity contribution is -0.144. The second-order valence-electron chi connectivity index (χ2n) is 10.4. The maximum absolute atomic E-state index is 13.0. The van der Waals surface area contributed by atoms with Crippen molar-refractivity contribution in [3.05, 3.63) is 71.3 Å². The predicted octanol–water partition coefficient (Wildman–Crippen LogP) is 4.93. The Kier molecular flexibility index (Phi) is 8.02. The van der Waals surface area contributed by atoms with E-state index in [0.29, 0.717) is 29.6 Å². The number of carboxylic acid groups (broad SMARTS) is 1. The molecule has 0 amide bonds. The third-order valence-electron chi connectivity index (χ3n) is 7.24. The third-order valence-corrected chi connectivity index (χ3v) is 7.24. The summed E-state index contributed by atoms with van der Waals surface area (Å²) in [4.78, 5) is 49.0. The van der Waals surface area contributed by atoms with E-state index in [0.717, 1.165) is 0 Å². The largest absolute Gasteiger partial charge is 0.478 e. The zero-order valence-corrected chi connectivity index (χ0v) is 21.4. The van der Waals surface area contributed by atoms with Crippen molar-refractivity contribution < 1.29 is 33.8 Å². The summed E-state index contributed by atoms with van der Waals surface area (Å²) in [6.07, 6.45) is 2.27. The Labute approximate surface area is 211 Å². The van der Waals surface area contributed by atoms with E-state index in [-0.39, 0.29) is 34.5 Å². The van der Waals surface area contributed by atoms with Crippen molar-refractivity contribution in [2.75, 3.05) is 0 Å². The quantitative estimate of drug-likeness (QED) is 0.279. The normalized spacial score (nSPS) is 24.4. The molecule has 192 valence electrons. The molecule has 0 spiro atoms. The zero-order valence-electron chi connectivity index (χ0n) is 21.4. The van der Waals surface area contributed by atoms with Crippen molar-refractivity contribution in [3.63, 3.8) is 0 Å². The molecule has 1 aromatic carbocycles. The first-order valence-electron chi connectivity index (χ1n) is 12.1. The summed E-state index contributed by atoms with van der Waals surface area (Å²) in [6.45, 7) is 12.9. The summed E-state index contributed by atoms with van der Waals surface area (Å²) in [5.74, 6) is -2.31. The second kappa shape index (κ2) is 10.6. The second-order valence-corrected chi connectivity index (χ2v) is 10.4. The molecule has 0 aliphatic heterocycles. The Hall–Kier alpha value is -3.48. The lowest BCUT2D eigenvalue weighted by atomic mass is 9.92. The highest BCUT2D eigenvalue weighted by atomic mass is 16.6. The van der Waals surface area contributed by atoms with Gasteiger partial charge in [0.05, 0.1) is 5.56 Å². The number of aliphatic carboxylic acids is 1. The van der Waals surface area contributed by atoms with Gasteiger partial charge in [-0.2, -0.15) is 0 Å². The van der Waals surface area contributed by atoms with E-state index in [2.05, 4.69) is 6.58 Å². The number of allylic oxidation sites excluding steroid dienone is 2. The molecule has 5 atom stereocenters. The monoisotopic (exact) mass is 494 g/mol. The van der Waals surface area contributed by atoms with Crippen LogP contribution in [-0.2, 0) is 23.9 Å². The van der Waals surface area contributed by atoms with Gasteiger partial charge in [-0.25, -0.2) is 9.59 Å². The number of rotatable bonds is 10. The van der Waals surface area contributed by atoms with Gasteiger partial charge in [0.15, 0.2) is 11.9 Å². The van der Waals surface area contributed by atoms with Crippen LogP contribution in [0, 0.1) is 23.2 Å². The number of ether oxygens (including phenoxy) is 2. The first-order chi connectivity index (χ1) is 16.8. The topological polar surface area (TPSA) is 107 Å². The van der Waals surface area contributed by atoms with Crippen LogP contribution in [0.1, 0.15) is 57.8 Å². The van der Waals surface area contributed by atoms with Gasteiger partial charge in [-0.3, -0.25) is 9.59 Å². The predicted molar refractivity (Wildman–Crippen MR) is 134 cm³/mol. The summed E-state index contributed by atoms with van der Waals surface area (Å²) in [5.41, 5.74) is 1.03. The van der Waals surface area contributed by atoms with Gasteiger partial charge in [-0.05, 0) is 48.6 Å². The number of carbonyl (C=O) groups is 4. The van der Waals surface area contributed by atoms with Crippen LogP contribution in [0.2, 0.25) is 0 Å². The number of hydrogen-bond acceptors (Lipinski definition) is 6. The van der Waals surface area contributed by atoms with Crippen molar-refractivity contribution in [2.24, 2.45) is 23.2 Å². The summed E-state index contributed by atoms with van der Waals surface area (Å²) in [7, 11) is 0. The van der Waals surface area contributed by atoms with Crippen LogP contribution in [0.3, 0.4) is 0 Å². The maximum atomic E-state index is 13.0. The molecule has 2 aliphatic carbocycles. The van der Waals surface area contributed by atoms with E-state index < -0.39 is 30.1 Å². The fourth-order valence-electron chi connectivity index (χ4n) is 4.96. The number of carboxylic acids is 1. The van der Waals surface area contributed by atoms with E-state index in [4.69, 9.17) is 9.47 Å². The van der Waals surface area contributed by atoms with Gasteiger partial charge in [0.2, 0.25) is 0 Å². The first kappa shape index (κ1) is 27.1. The van der Waals surface area contributed by atoms with Crippen molar-refractivity contribution in [1.82, 2.24) is 0 Å². The lowest BCUT2D eigenvalue weighted by Crippen LogP contribution is -2.33. The molecule has 7 heteroatoms. The molecule has 1 saturated carbocycles. The maximum Gasteiger partial charge on any atom is 0.338 e. The van der Waals surface area contributed by atoms with Gasteiger partial charge in [0.1, 0.15) is 6.10 Å². The average Bonchev–Trinajstić information content (AvgIpc) is 3.12. The smallest absolute Gasteiger partial charge is 0.338 e. The molecule has 0 radical (unpaired) electrons. The summed E-state index contributed by atoms with van der Waals surface area (Å²) < 4.78 is 11.5. The van der Waals surface area contributed by atoms with Crippen LogP contribution in [0.15, 0.2) is 65.8 Å². The number of carbonyl (C=O) groups excluding carboxylic acids is 3. The number of Topliss-reactive ketones (excluding diaryl/α,β-unsaturated/α-hetero) is 1. The molecule has 2 aliphatic rings. The molecular formula is C29H34O7. The standard InChI is InChI=1S/C29H34O7/c1-16-12-21(24(31)13-16)26(35-19(4)30)18(3)25(36-28(34)20-10-8-7-9-11-20)15-23-22(29(23,5)6)14-17(2)27(32)33/h7-12,14,16,22-23,25-26H,3,13,15H2,1-2,4-6H3,(H,32,33)/t16-,22-,23+,25-,26+/m0/s1. The van der Waals surface area contributed by atoms with E-state index in [1.54, 1.807) is 49.4 Å². The Morgan fingerprint density at radius 3 is 2.33 bits per heavy atom. The molecule has 0 bridgehead atoms. The summed E-state index contributed by atoms with van der Waals surface area (Å²) in [5, 5.41) is 9.32. The SMILES string of the molecule is C=C([C@@H](OC(C)=O)C1=C[C@H](C)CC1=O)[C@H](C[C@@H]1[C@H](C=C(C)C(=O)O)C1(C)C)OC(=O)c1ccccc1. The Morgan fingerprint density at radius 1 is 1.17 bits per heavy atom. The van der Waals surface area contributed by atoms with Crippen LogP contribution < -0.4 is 0 Å². The van der Waals surface area contributed by atoms with Crippen molar-refractivity contribution >= 4 is 23.7 Å². The zero-order chi connectivity index (χ0) is 26.8. The van der Waals surface area contributed by atoms with Gasteiger partial charge in [0, 0.05) is 30.1 Å². The fourth-order valence-corrected chi connectivity index (χ4v) is 4.96. The van der Waals surface area contributed by atoms with E-state index in [9.17, 15) is 24.3 Å². The molecule has 1 aromatic rings. The molecule has 36 heavy (non-hydrogen) atoms. The van der Waals surface area contributed by atoms with Gasteiger partial charge < -0.3 is 14.6 Å². The Bertz CT molecular complexity index is 1130. The molecule has 0 aromatic heterocycles. The molecule has 3 rings (SSSR count). The lowest BCUT2D eigenvalue weighted by Gasteiger charge is -2.27. The van der Waals surface area contributed by atoms with Crippen molar-refractivity contribution in [3.8, 4) is 0 Å².